The first-order chi connectivity index (χ1) is 8.39. The fourth-order valence-corrected chi connectivity index (χ4v) is 4.08. The summed E-state index contributed by atoms with van der Waals surface area (Å²) in [6.07, 6.45) is 0. The molecule has 8 heteroatoms. The topological polar surface area (TPSA) is 63.4 Å². The molecule has 2 rings (SSSR count). The molecule has 0 bridgehead atoms. The monoisotopic (exact) mass is 294 g/mol. The van der Waals surface area contributed by atoms with Crippen LogP contribution in [-0.4, -0.2) is 30.8 Å². The predicted molar refractivity (Wildman–Crippen MR) is 66.2 cm³/mol. The van der Waals surface area contributed by atoms with E-state index in [1.54, 1.807) is 0 Å². The molecule has 2 N–H and O–H groups in total. The van der Waals surface area contributed by atoms with Crippen LogP contribution < -0.4 is 5.14 Å². The van der Waals surface area contributed by atoms with Crippen molar-refractivity contribution < 1.29 is 17.2 Å². The van der Waals surface area contributed by atoms with Crippen molar-refractivity contribution in [1.82, 2.24) is 4.31 Å². The van der Waals surface area contributed by atoms with Crippen LogP contribution in [-0.2, 0) is 10.2 Å². The summed E-state index contributed by atoms with van der Waals surface area (Å²) < 4.78 is 50.7. The molecule has 1 aliphatic heterocycles. The highest BCUT2D eigenvalue weighted by atomic mass is 32.2. The number of nitrogens with zero attached hydrogens (tertiary/aromatic N) is 1. The molecule has 1 aromatic rings. The first kappa shape index (κ1) is 13.7. The van der Waals surface area contributed by atoms with E-state index in [0.717, 1.165) is 22.5 Å². The van der Waals surface area contributed by atoms with Gasteiger partial charge in [-0.3, -0.25) is 0 Å². The van der Waals surface area contributed by atoms with E-state index >= 15 is 0 Å². The maximum absolute atomic E-state index is 13.7. The van der Waals surface area contributed by atoms with Gasteiger partial charge in [-0.25, -0.2) is 13.9 Å². The zero-order chi connectivity index (χ0) is 13.3. The molecular weight excluding hydrogens is 282 g/mol. The lowest BCUT2D eigenvalue weighted by Gasteiger charge is -2.33. The lowest BCUT2D eigenvalue weighted by Crippen LogP contribution is -2.44. The molecule has 0 aromatic heterocycles. The van der Waals surface area contributed by atoms with Crippen molar-refractivity contribution in [3.05, 3.63) is 35.4 Å². The summed E-state index contributed by atoms with van der Waals surface area (Å²) in [6.45, 7) is 0.199. The van der Waals surface area contributed by atoms with Crippen molar-refractivity contribution in [1.29, 1.82) is 0 Å². The number of hydrogen-bond acceptors (Lipinski definition) is 3. The molecule has 0 spiro atoms. The van der Waals surface area contributed by atoms with Gasteiger partial charge in [0, 0.05) is 23.6 Å². The number of benzene rings is 1. The minimum Gasteiger partial charge on any atom is -0.216 e. The molecule has 1 atom stereocenters. The molecule has 0 radical (unpaired) electrons. The second kappa shape index (κ2) is 5.12. The minimum atomic E-state index is -3.92. The Kier molecular flexibility index (Phi) is 3.90. The summed E-state index contributed by atoms with van der Waals surface area (Å²) >= 11 is 1.48. The minimum absolute atomic E-state index is 0.0243. The van der Waals surface area contributed by atoms with E-state index in [9.17, 15) is 17.2 Å². The third-order valence-corrected chi connectivity index (χ3v) is 4.84. The predicted octanol–water partition coefficient (Wildman–Crippen LogP) is 1.26. The number of nitrogens with two attached hydrogens (primary N) is 1. The summed E-state index contributed by atoms with van der Waals surface area (Å²) in [5, 5.41) is 5.10. The Morgan fingerprint density at radius 2 is 2.11 bits per heavy atom. The van der Waals surface area contributed by atoms with Crippen LogP contribution in [0.1, 0.15) is 11.6 Å². The summed E-state index contributed by atoms with van der Waals surface area (Å²) in [6, 6.07) is 2.25. The first-order valence-corrected chi connectivity index (χ1v) is 7.87. The van der Waals surface area contributed by atoms with Crippen LogP contribution in [0.5, 0.6) is 0 Å². The molecule has 1 fully saturated rings. The Hall–Kier alpha value is -0.700. The van der Waals surface area contributed by atoms with E-state index in [2.05, 4.69) is 0 Å². The third-order valence-electron chi connectivity index (χ3n) is 2.72. The summed E-state index contributed by atoms with van der Waals surface area (Å²) in [4.78, 5) is 0. The van der Waals surface area contributed by atoms with Crippen LogP contribution in [0.25, 0.3) is 0 Å². The molecule has 0 aliphatic carbocycles. The molecule has 1 heterocycles. The second-order valence-corrected chi connectivity index (χ2v) is 6.56. The Labute approximate surface area is 108 Å². The van der Waals surface area contributed by atoms with Gasteiger partial charge in [-0.15, -0.1) is 0 Å². The molecule has 100 valence electrons. The van der Waals surface area contributed by atoms with Gasteiger partial charge in [0.1, 0.15) is 11.6 Å². The average molecular weight is 294 g/mol. The van der Waals surface area contributed by atoms with E-state index in [1.807, 2.05) is 0 Å². The highest BCUT2D eigenvalue weighted by molar-refractivity contribution is 7.99. The molecule has 1 aliphatic rings. The van der Waals surface area contributed by atoms with E-state index in [1.165, 1.54) is 11.8 Å². The molecule has 0 amide bonds. The lowest BCUT2D eigenvalue weighted by molar-refractivity contribution is 0.346. The van der Waals surface area contributed by atoms with E-state index in [0.29, 0.717) is 11.5 Å². The summed E-state index contributed by atoms with van der Waals surface area (Å²) in [7, 11) is -3.92. The fourth-order valence-electron chi connectivity index (χ4n) is 1.91. The number of hydrogen-bond donors (Lipinski definition) is 1. The van der Waals surface area contributed by atoms with Crippen molar-refractivity contribution in [2.45, 2.75) is 6.04 Å². The van der Waals surface area contributed by atoms with Crippen LogP contribution in [0.3, 0.4) is 0 Å². The highest BCUT2D eigenvalue weighted by Gasteiger charge is 2.33. The molecule has 0 saturated carbocycles. The second-order valence-electron chi connectivity index (χ2n) is 3.91. The average Bonchev–Trinajstić information content (AvgIpc) is 2.31. The maximum atomic E-state index is 13.7. The Morgan fingerprint density at radius 3 is 2.78 bits per heavy atom. The van der Waals surface area contributed by atoms with Gasteiger partial charge in [0.05, 0.1) is 6.04 Å². The normalized spacial score (nSPS) is 22.1. The van der Waals surface area contributed by atoms with Crippen LogP contribution in [0, 0.1) is 11.6 Å². The smallest absolute Gasteiger partial charge is 0.216 e. The largest absolute Gasteiger partial charge is 0.277 e. The number of halogens is 2. The van der Waals surface area contributed by atoms with Crippen molar-refractivity contribution in [2.24, 2.45) is 5.14 Å². The zero-order valence-electron chi connectivity index (χ0n) is 9.34. The number of thioether (sulfide) groups is 1. The SMILES string of the molecule is NS(=O)(=O)N1CCSCC1c1cc(F)ccc1F. The van der Waals surface area contributed by atoms with E-state index in [4.69, 9.17) is 5.14 Å². The van der Waals surface area contributed by atoms with Crippen molar-refractivity contribution in [2.75, 3.05) is 18.1 Å². The molecule has 1 saturated heterocycles. The summed E-state index contributed by atoms with van der Waals surface area (Å²) in [5.41, 5.74) is 0.0243. The van der Waals surface area contributed by atoms with Crippen LogP contribution in [0.4, 0.5) is 8.78 Å². The fraction of sp³-hybridized carbons (Fsp3) is 0.400. The molecule has 1 aromatic carbocycles. The molecular formula is C10H12F2N2O2S2. The van der Waals surface area contributed by atoms with Crippen LogP contribution >= 0.6 is 11.8 Å². The van der Waals surface area contributed by atoms with Gasteiger partial charge in [-0.1, -0.05) is 0 Å². The Morgan fingerprint density at radius 1 is 1.39 bits per heavy atom. The van der Waals surface area contributed by atoms with Gasteiger partial charge in [-0.2, -0.15) is 24.5 Å². The standard InChI is InChI=1S/C10H12F2N2O2S2/c11-7-1-2-9(12)8(5-7)10-6-17-4-3-14(10)18(13,15)16/h1-2,5,10H,3-4,6H2,(H2,13,15,16). The lowest BCUT2D eigenvalue weighted by atomic mass is 10.1. The molecule has 1 unspecified atom stereocenters. The van der Waals surface area contributed by atoms with Crippen molar-refractivity contribution in [3.8, 4) is 0 Å². The zero-order valence-corrected chi connectivity index (χ0v) is 11.0. The molecule has 18 heavy (non-hydrogen) atoms. The van der Waals surface area contributed by atoms with Gasteiger partial charge >= 0.3 is 0 Å². The maximum Gasteiger partial charge on any atom is 0.277 e. The third kappa shape index (κ3) is 2.82. The number of rotatable bonds is 2. The van der Waals surface area contributed by atoms with Crippen molar-refractivity contribution >= 4 is 22.0 Å². The van der Waals surface area contributed by atoms with Gasteiger partial charge in [0.15, 0.2) is 0 Å². The Bertz CT molecular complexity index is 551. The van der Waals surface area contributed by atoms with Gasteiger partial charge < -0.3 is 0 Å². The van der Waals surface area contributed by atoms with E-state index in [-0.39, 0.29) is 12.1 Å². The van der Waals surface area contributed by atoms with Gasteiger partial charge in [0.25, 0.3) is 10.2 Å². The highest BCUT2D eigenvalue weighted by Crippen LogP contribution is 2.32. The Balaban J connectivity index is 2.43. The molecule has 4 nitrogen and oxygen atoms in total. The van der Waals surface area contributed by atoms with Crippen molar-refractivity contribution in [3.63, 3.8) is 0 Å². The van der Waals surface area contributed by atoms with Crippen LogP contribution in [0.2, 0.25) is 0 Å². The van der Waals surface area contributed by atoms with Crippen LogP contribution in [0.15, 0.2) is 18.2 Å². The quantitative estimate of drug-likeness (QED) is 0.893. The van der Waals surface area contributed by atoms with Gasteiger partial charge in [0.2, 0.25) is 0 Å². The van der Waals surface area contributed by atoms with Gasteiger partial charge in [-0.05, 0) is 18.2 Å². The first-order valence-electron chi connectivity index (χ1n) is 5.22. The summed E-state index contributed by atoms with van der Waals surface area (Å²) in [5.74, 6) is -0.283. The van der Waals surface area contributed by atoms with E-state index < -0.39 is 27.9 Å².